The number of nitrogens with one attached hydrogen (secondary N) is 3. The number of carbonyl (C=O) groups is 1. The molecule has 0 fully saturated rings. The van der Waals surface area contributed by atoms with E-state index in [1.807, 2.05) is 31.3 Å². The van der Waals surface area contributed by atoms with Crippen LogP contribution in [0.2, 0.25) is 0 Å². The van der Waals surface area contributed by atoms with Crippen LogP contribution in [-0.4, -0.2) is 27.6 Å². The van der Waals surface area contributed by atoms with Crippen LogP contribution in [0.1, 0.15) is 27.2 Å². The quantitative estimate of drug-likeness (QED) is 0.534. The zero-order valence-corrected chi connectivity index (χ0v) is 14.3. The number of hydrogen-bond acceptors (Lipinski definition) is 2. The van der Waals surface area contributed by atoms with E-state index >= 15 is 0 Å². The highest BCUT2D eigenvalue weighted by Gasteiger charge is 2.14. The number of benzene rings is 2. The third kappa shape index (κ3) is 2.89. The Labute approximate surface area is 145 Å². The van der Waals surface area contributed by atoms with Crippen LogP contribution in [0.15, 0.2) is 42.6 Å². The van der Waals surface area contributed by atoms with Gasteiger partial charge in [0.05, 0.1) is 5.52 Å². The van der Waals surface area contributed by atoms with Gasteiger partial charge < -0.3 is 10.3 Å². The van der Waals surface area contributed by atoms with Crippen molar-refractivity contribution in [2.75, 3.05) is 6.54 Å². The van der Waals surface area contributed by atoms with Crippen molar-refractivity contribution in [3.8, 4) is 0 Å². The first-order chi connectivity index (χ1) is 12.1. The van der Waals surface area contributed by atoms with E-state index in [1.165, 1.54) is 16.5 Å². The number of aryl methyl sites for hydroxylation is 2. The number of hydrogen-bond donors (Lipinski definition) is 3. The Balaban J connectivity index is 1.47. The van der Waals surface area contributed by atoms with Gasteiger partial charge in [-0.1, -0.05) is 23.8 Å². The minimum atomic E-state index is -0.146. The van der Waals surface area contributed by atoms with Crippen LogP contribution < -0.4 is 5.32 Å². The van der Waals surface area contributed by atoms with Crippen LogP contribution >= 0.6 is 0 Å². The first kappa shape index (κ1) is 15.4. The molecule has 3 N–H and O–H groups in total. The Morgan fingerprint density at radius 3 is 2.72 bits per heavy atom. The maximum atomic E-state index is 12.5. The lowest BCUT2D eigenvalue weighted by molar-refractivity contribution is 0.0951. The lowest BCUT2D eigenvalue weighted by atomic mass is 10.1. The van der Waals surface area contributed by atoms with Gasteiger partial charge >= 0.3 is 0 Å². The van der Waals surface area contributed by atoms with Crippen molar-refractivity contribution in [2.24, 2.45) is 0 Å². The topological polar surface area (TPSA) is 73.6 Å². The Morgan fingerprint density at radius 2 is 1.84 bits per heavy atom. The molecule has 0 atom stereocenters. The van der Waals surface area contributed by atoms with E-state index in [-0.39, 0.29) is 5.91 Å². The van der Waals surface area contributed by atoms with Crippen molar-refractivity contribution in [1.82, 2.24) is 20.5 Å². The highest BCUT2D eigenvalue weighted by Crippen LogP contribution is 2.20. The second kappa shape index (κ2) is 6.09. The number of amides is 1. The molecule has 0 bridgehead atoms. The molecule has 0 aliphatic rings. The largest absolute Gasteiger partial charge is 0.361 e. The van der Waals surface area contributed by atoms with Crippen molar-refractivity contribution in [1.29, 1.82) is 0 Å². The SMILES string of the molecule is Cc1ccc2c(CCNC(=O)c3n[nH]c4ccc(C)cc34)c[nH]c2c1. The minimum absolute atomic E-state index is 0.146. The molecule has 0 saturated carbocycles. The monoisotopic (exact) mass is 332 g/mol. The van der Waals surface area contributed by atoms with Gasteiger partial charge in [-0.3, -0.25) is 9.89 Å². The standard InChI is InChI=1S/C20H20N4O/c1-12-4-6-17-16(9-12)19(24-23-17)20(25)21-8-7-14-11-22-18-10-13(2)3-5-15(14)18/h3-6,9-11,22H,7-8H2,1-2H3,(H,21,25)(H,23,24). The summed E-state index contributed by atoms with van der Waals surface area (Å²) >= 11 is 0. The molecule has 0 unspecified atom stereocenters. The molecule has 2 aromatic carbocycles. The van der Waals surface area contributed by atoms with Crippen LogP contribution in [0, 0.1) is 13.8 Å². The number of rotatable bonds is 4. The second-order valence-corrected chi connectivity index (χ2v) is 6.49. The van der Waals surface area contributed by atoms with E-state index in [2.05, 4.69) is 45.6 Å². The first-order valence-electron chi connectivity index (χ1n) is 8.41. The molecule has 0 aliphatic heterocycles. The highest BCUT2D eigenvalue weighted by molar-refractivity contribution is 6.04. The fourth-order valence-electron chi connectivity index (χ4n) is 3.20. The minimum Gasteiger partial charge on any atom is -0.361 e. The molecule has 2 aromatic heterocycles. The first-order valence-corrected chi connectivity index (χ1v) is 8.41. The summed E-state index contributed by atoms with van der Waals surface area (Å²) in [4.78, 5) is 15.8. The Morgan fingerprint density at radius 1 is 1.04 bits per heavy atom. The molecule has 126 valence electrons. The Hall–Kier alpha value is -3.08. The smallest absolute Gasteiger partial charge is 0.272 e. The van der Waals surface area contributed by atoms with Crippen LogP contribution in [0.4, 0.5) is 0 Å². The number of carbonyl (C=O) groups excluding carboxylic acids is 1. The van der Waals surface area contributed by atoms with Crippen molar-refractivity contribution >= 4 is 27.7 Å². The normalized spacial score (nSPS) is 11.3. The van der Waals surface area contributed by atoms with Gasteiger partial charge in [-0.05, 0) is 49.6 Å². The molecule has 25 heavy (non-hydrogen) atoms. The fraction of sp³-hybridized carbons (Fsp3) is 0.200. The van der Waals surface area contributed by atoms with Gasteiger partial charge in [0, 0.05) is 29.0 Å². The Kier molecular flexibility index (Phi) is 3.76. The molecule has 1 amide bonds. The summed E-state index contributed by atoms with van der Waals surface area (Å²) in [5.41, 5.74) is 6.01. The molecule has 0 saturated heterocycles. The predicted molar refractivity (Wildman–Crippen MR) is 99.9 cm³/mol. The number of fused-ring (bicyclic) bond motifs is 2. The molecular formula is C20H20N4O. The molecule has 0 radical (unpaired) electrons. The summed E-state index contributed by atoms with van der Waals surface area (Å²) in [5, 5.41) is 12.1. The number of nitrogens with zero attached hydrogens (tertiary/aromatic N) is 1. The number of H-pyrrole nitrogens is 2. The summed E-state index contributed by atoms with van der Waals surface area (Å²) in [6.45, 7) is 4.66. The van der Waals surface area contributed by atoms with Crippen LogP contribution in [-0.2, 0) is 6.42 Å². The number of aromatic nitrogens is 3. The third-order valence-electron chi connectivity index (χ3n) is 4.54. The van der Waals surface area contributed by atoms with Crippen LogP contribution in [0.3, 0.4) is 0 Å². The van der Waals surface area contributed by atoms with E-state index in [0.717, 1.165) is 28.4 Å². The second-order valence-electron chi connectivity index (χ2n) is 6.49. The highest BCUT2D eigenvalue weighted by atomic mass is 16.1. The molecule has 0 spiro atoms. The fourth-order valence-corrected chi connectivity index (χ4v) is 3.20. The lowest BCUT2D eigenvalue weighted by Gasteiger charge is -2.04. The molecule has 2 heterocycles. The van der Waals surface area contributed by atoms with Gasteiger partial charge in [0.25, 0.3) is 5.91 Å². The van der Waals surface area contributed by atoms with Crippen molar-refractivity contribution in [3.05, 3.63) is 65.0 Å². The summed E-state index contributed by atoms with van der Waals surface area (Å²) in [5.74, 6) is -0.146. The molecular weight excluding hydrogens is 312 g/mol. The average molecular weight is 332 g/mol. The van der Waals surface area contributed by atoms with Gasteiger partial charge in [0.1, 0.15) is 0 Å². The maximum absolute atomic E-state index is 12.5. The molecule has 5 heteroatoms. The zero-order chi connectivity index (χ0) is 17.4. The van der Waals surface area contributed by atoms with E-state index < -0.39 is 0 Å². The maximum Gasteiger partial charge on any atom is 0.272 e. The lowest BCUT2D eigenvalue weighted by Crippen LogP contribution is -2.26. The van der Waals surface area contributed by atoms with Crippen LogP contribution in [0.25, 0.3) is 21.8 Å². The van der Waals surface area contributed by atoms with Crippen molar-refractivity contribution in [3.63, 3.8) is 0 Å². The third-order valence-corrected chi connectivity index (χ3v) is 4.54. The van der Waals surface area contributed by atoms with Gasteiger partial charge in [0.2, 0.25) is 0 Å². The van der Waals surface area contributed by atoms with Gasteiger partial charge in [0.15, 0.2) is 5.69 Å². The van der Waals surface area contributed by atoms with E-state index in [0.29, 0.717) is 12.2 Å². The molecule has 4 aromatic rings. The summed E-state index contributed by atoms with van der Waals surface area (Å²) < 4.78 is 0. The molecule has 4 rings (SSSR count). The van der Waals surface area contributed by atoms with Crippen molar-refractivity contribution in [2.45, 2.75) is 20.3 Å². The predicted octanol–water partition coefficient (Wildman–Crippen LogP) is 3.63. The van der Waals surface area contributed by atoms with E-state index in [4.69, 9.17) is 0 Å². The number of aromatic amines is 2. The van der Waals surface area contributed by atoms with Gasteiger partial charge in [-0.25, -0.2) is 0 Å². The summed E-state index contributed by atoms with van der Waals surface area (Å²) in [6, 6.07) is 12.3. The molecule has 0 aliphatic carbocycles. The summed E-state index contributed by atoms with van der Waals surface area (Å²) in [7, 11) is 0. The van der Waals surface area contributed by atoms with Gasteiger partial charge in [-0.15, -0.1) is 0 Å². The van der Waals surface area contributed by atoms with E-state index in [9.17, 15) is 4.79 Å². The zero-order valence-electron chi connectivity index (χ0n) is 14.3. The summed E-state index contributed by atoms with van der Waals surface area (Å²) in [6.07, 6.45) is 2.79. The Bertz CT molecular complexity index is 1070. The van der Waals surface area contributed by atoms with Crippen molar-refractivity contribution < 1.29 is 4.79 Å². The van der Waals surface area contributed by atoms with Crippen LogP contribution in [0.5, 0.6) is 0 Å². The van der Waals surface area contributed by atoms with E-state index in [1.54, 1.807) is 0 Å². The average Bonchev–Trinajstić information content (AvgIpc) is 3.18. The van der Waals surface area contributed by atoms with Gasteiger partial charge in [-0.2, -0.15) is 5.10 Å². The molecule has 5 nitrogen and oxygen atoms in total.